The van der Waals surface area contributed by atoms with Crippen LogP contribution in [0.4, 0.5) is 5.69 Å². The van der Waals surface area contributed by atoms with Crippen molar-refractivity contribution in [1.82, 2.24) is 0 Å². The van der Waals surface area contributed by atoms with Crippen molar-refractivity contribution in [2.45, 2.75) is 26.2 Å². The maximum atomic E-state index is 10.7. The van der Waals surface area contributed by atoms with E-state index in [4.69, 9.17) is 5.90 Å². The molecule has 0 aromatic heterocycles. The lowest BCUT2D eigenvalue weighted by molar-refractivity contribution is -0.385. The van der Waals surface area contributed by atoms with Gasteiger partial charge < -0.3 is 4.84 Å². The zero-order chi connectivity index (χ0) is 12.3. The molecule has 1 aromatic rings. The van der Waals surface area contributed by atoms with Crippen LogP contribution in [-0.2, 0) is 10.3 Å². The summed E-state index contributed by atoms with van der Waals surface area (Å²) in [5.74, 6) is 5.06. The number of rotatable bonds is 4. The van der Waals surface area contributed by atoms with E-state index in [1.807, 2.05) is 13.8 Å². The average molecular weight is 224 g/mol. The minimum Gasteiger partial charge on any atom is -0.304 e. The Kier molecular flexibility index (Phi) is 3.62. The molecular weight excluding hydrogens is 208 g/mol. The van der Waals surface area contributed by atoms with E-state index in [9.17, 15) is 10.1 Å². The van der Waals surface area contributed by atoms with Gasteiger partial charge in [-0.1, -0.05) is 19.9 Å². The van der Waals surface area contributed by atoms with Crippen LogP contribution in [0.5, 0.6) is 0 Å². The summed E-state index contributed by atoms with van der Waals surface area (Å²) in [4.78, 5) is 14.9. The molecule has 0 aliphatic carbocycles. The second-order valence-electron chi connectivity index (χ2n) is 4.45. The maximum Gasteiger partial charge on any atom is 0.272 e. The van der Waals surface area contributed by atoms with E-state index in [1.54, 1.807) is 19.1 Å². The van der Waals surface area contributed by atoms with Gasteiger partial charge in [-0.2, -0.15) is 0 Å². The first kappa shape index (κ1) is 12.6. The fourth-order valence-corrected chi connectivity index (χ4v) is 1.57. The van der Waals surface area contributed by atoms with Crippen LogP contribution < -0.4 is 5.90 Å². The standard InChI is InChI=1S/C11H16N2O3/c1-8-6-9(11(2,3)7-16-12)4-5-10(8)13(14)15/h4-6H,7,12H2,1-3H3. The molecule has 0 atom stereocenters. The molecule has 0 heterocycles. The predicted octanol–water partition coefficient (Wildman–Crippen LogP) is 2.07. The summed E-state index contributed by atoms with van der Waals surface area (Å²) in [7, 11) is 0. The third kappa shape index (κ3) is 2.56. The largest absolute Gasteiger partial charge is 0.304 e. The van der Waals surface area contributed by atoms with Crippen molar-refractivity contribution in [3.8, 4) is 0 Å². The number of hydrogen-bond donors (Lipinski definition) is 1. The highest BCUT2D eigenvalue weighted by Crippen LogP contribution is 2.27. The van der Waals surface area contributed by atoms with Gasteiger partial charge in [0.1, 0.15) is 0 Å². The van der Waals surface area contributed by atoms with Crippen LogP contribution in [0.1, 0.15) is 25.0 Å². The Morgan fingerprint density at radius 3 is 2.56 bits per heavy atom. The number of nitrogens with two attached hydrogens (primary N) is 1. The molecule has 0 bridgehead atoms. The Labute approximate surface area is 94.3 Å². The number of nitro benzene ring substituents is 1. The molecule has 0 unspecified atom stereocenters. The summed E-state index contributed by atoms with van der Waals surface area (Å²) in [5, 5.41) is 10.7. The number of nitrogens with zero attached hydrogens (tertiary/aromatic N) is 1. The number of hydrogen-bond acceptors (Lipinski definition) is 4. The van der Waals surface area contributed by atoms with Crippen LogP contribution in [-0.4, -0.2) is 11.5 Å². The van der Waals surface area contributed by atoms with Crippen molar-refractivity contribution in [2.24, 2.45) is 5.90 Å². The molecule has 0 spiro atoms. The lowest BCUT2D eigenvalue weighted by Gasteiger charge is -2.23. The monoisotopic (exact) mass is 224 g/mol. The number of nitro groups is 1. The van der Waals surface area contributed by atoms with Crippen LogP contribution >= 0.6 is 0 Å². The first-order chi connectivity index (χ1) is 7.38. The topological polar surface area (TPSA) is 78.4 Å². The summed E-state index contributed by atoms with van der Waals surface area (Å²) in [6.07, 6.45) is 0. The smallest absolute Gasteiger partial charge is 0.272 e. The van der Waals surface area contributed by atoms with Gasteiger partial charge in [-0.3, -0.25) is 10.1 Å². The fourth-order valence-electron chi connectivity index (χ4n) is 1.57. The minimum atomic E-state index is -0.383. The lowest BCUT2D eigenvalue weighted by atomic mass is 9.84. The summed E-state index contributed by atoms with van der Waals surface area (Å²) in [5.41, 5.74) is 1.50. The van der Waals surface area contributed by atoms with E-state index in [-0.39, 0.29) is 16.0 Å². The SMILES string of the molecule is Cc1cc(C(C)(C)CON)ccc1[N+](=O)[O-]. The molecule has 5 heteroatoms. The Balaban J connectivity index is 3.10. The predicted molar refractivity (Wildman–Crippen MR) is 61.0 cm³/mol. The molecule has 88 valence electrons. The van der Waals surface area contributed by atoms with E-state index < -0.39 is 0 Å². The average Bonchev–Trinajstić information content (AvgIpc) is 2.16. The van der Waals surface area contributed by atoms with Gasteiger partial charge in [-0.25, -0.2) is 5.90 Å². The quantitative estimate of drug-likeness (QED) is 0.627. The van der Waals surface area contributed by atoms with E-state index in [0.717, 1.165) is 5.56 Å². The van der Waals surface area contributed by atoms with Gasteiger partial charge in [-0.05, 0) is 18.6 Å². The Morgan fingerprint density at radius 2 is 2.12 bits per heavy atom. The van der Waals surface area contributed by atoms with Crippen LogP contribution in [0.25, 0.3) is 0 Å². The summed E-state index contributed by atoms with van der Waals surface area (Å²) < 4.78 is 0. The summed E-state index contributed by atoms with van der Waals surface area (Å²) in [6.45, 7) is 6.03. The first-order valence-electron chi connectivity index (χ1n) is 4.95. The maximum absolute atomic E-state index is 10.7. The Morgan fingerprint density at radius 1 is 1.50 bits per heavy atom. The second kappa shape index (κ2) is 4.59. The molecule has 1 aromatic carbocycles. The molecule has 16 heavy (non-hydrogen) atoms. The normalized spacial score (nSPS) is 11.5. The zero-order valence-electron chi connectivity index (χ0n) is 9.69. The molecule has 0 radical (unpaired) electrons. The lowest BCUT2D eigenvalue weighted by Crippen LogP contribution is -2.26. The van der Waals surface area contributed by atoms with E-state index in [0.29, 0.717) is 12.2 Å². The Hall–Kier alpha value is -1.46. The van der Waals surface area contributed by atoms with Crippen molar-refractivity contribution in [1.29, 1.82) is 0 Å². The molecule has 0 fully saturated rings. The highest BCUT2D eigenvalue weighted by molar-refractivity contribution is 5.43. The molecule has 2 N–H and O–H groups in total. The van der Waals surface area contributed by atoms with Crippen LogP contribution in [0.3, 0.4) is 0 Å². The number of aryl methyl sites for hydroxylation is 1. The van der Waals surface area contributed by atoms with Crippen LogP contribution in [0.2, 0.25) is 0 Å². The van der Waals surface area contributed by atoms with Crippen LogP contribution in [0.15, 0.2) is 18.2 Å². The molecular formula is C11H16N2O3. The first-order valence-corrected chi connectivity index (χ1v) is 4.95. The van der Waals surface area contributed by atoms with Gasteiger partial charge in [0, 0.05) is 17.0 Å². The third-order valence-electron chi connectivity index (χ3n) is 2.62. The van der Waals surface area contributed by atoms with Gasteiger partial charge in [-0.15, -0.1) is 0 Å². The summed E-state index contributed by atoms with van der Waals surface area (Å²) >= 11 is 0. The van der Waals surface area contributed by atoms with Crippen molar-refractivity contribution in [3.05, 3.63) is 39.4 Å². The van der Waals surface area contributed by atoms with Crippen molar-refractivity contribution >= 4 is 5.69 Å². The highest BCUT2D eigenvalue weighted by atomic mass is 16.6. The van der Waals surface area contributed by atoms with Gasteiger partial charge in [0.2, 0.25) is 0 Å². The minimum absolute atomic E-state index is 0.133. The van der Waals surface area contributed by atoms with Crippen molar-refractivity contribution in [2.75, 3.05) is 6.61 Å². The second-order valence-corrected chi connectivity index (χ2v) is 4.45. The molecule has 0 saturated heterocycles. The van der Waals surface area contributed by atoms with Crippen molar-refractivity contribution in [3.63, 3.8) is 0 Å². The molecule has 0 amide bonds. The third-order valence-corrected chi connectivity index (χ3v) is 2.62. The molecule has 5 nitrogen and oxygen atoms in total. The van der Waals surface area contributed by atoms with Crippen molar-refractivity contribution < 1.29 is 9.76 Å². The van der Waals surface area contributed by atoms with E-state index >= 15 is 0 Å². The number of benzene rings is 1. The van der Waals surface area contributed by atoms with E-state index in [1.165, 1.54) is 6.07 Å². The highest BCUT2D eigenvalue weighted by Gasteiger charge is 2.23. The van der Waals surface area contributed by atoms with Crippen LogP contribution in [0, 0.1) is 17.0 Å². The molecule has 0 saturated carbocycles. The Bertz CT molecular complexity index is 402. The molecule has 0 aliphatic rings. The summed E-state index contributed by atoms with van der Waals surface area (Å²) in [6, 6.07) is 5.06. The molecule has 0 aliphatic heterocycles. The fraction of sp³-hybridized carbons (Fsp3) is 0.455. The van der Waals surface area contributed by atoms with Gasteiger partial charge in [0.25, 0.3) is 5.69 Å². The van der Waals surface area contributed by atoms with Gasteiger partial charge in [0.05, 0.1) is 11.5 Å². The van der Waals surface area contributed by atoms with Gasteiger partial charge in [0.15, 0.2) is 0 Å². The van der Waals surface area contributed by atoms with Gasteiger partial charge >= 0.3 is 0 Å². The zero-order valence-corrected chi connectivity index (χ0v) is 9.69. The van der Waals surface area contributed by atoms with E-state index in [2.05, 4.69) is 4.84 Å². The molecule has 1 rings (SSSR count).